The van der Waals surface area contributed by atoms with Crippen LogP contribution in [0.25, 0.3) is 0 Å². The Hall–Kier alpha value is -2.36. The Labute approximate surface area is 249 Å². The molecule has 41 heavy (non-hydrogen) atoms. The molecule has 2 aromatic carbocycles. The van der Waals surface area contributed by atoms with Crippen LogP contribution in [0.1, 0.15) is 145 Å². The zero-order valence-electron chi connectivity index (χ0n) is 25.9. The highest BCUT2D eigenvalue weighted by Crippen LogP contribution is 2.34. The minimum atomic E-state index is -0.489. The maximum Gasteiger partial charge on any atom is 0.343 e. The number of hydrogen-bond acceptors (Lipinski definition) is 3. The summed E-state index contributed by atoms with van der Waals surface area (Å²) in [4.78, 5) is 12.6. The molecule has 4 heteroatoms. The van der Waals surface area contributed by atoms with Crippen LogP contribution >= 0.6 is 0 Å². The average Bonchev–Trinajstić information content (AvgIpc) is 2.99. The van der Waals surface area contributed by atoms with E-state index in [4.69, 9.17) is 9.47 Å². The quantitative estimate of drug-likeness (QED) is 0.0908. The van der Waals surface area contributed by atoms with Crippen molar-refractivity contribution in [1.82, 2.24) is 0 Å². The smallest absolute Gasteiger partial charge is 0.343 e. The summed E-state index contributed by atoms with van der Waals surface area (Å²) in [5.74, 6) is 2.02. The lowest BCUT2D eigenvalue weighted by molar-refractivity contribution is 0.0734. The van der Waals surface area contributed by atoms with E-state index in [0.29, 0.717) is 17.7 Å². The summed E-state index contributed by atoms with van der Waals surface area (Å²) >= 11 is 0. The molecule has 0 radical (unpaired) electrons. The lowest BCUT2D eigenvalue weighted by Gasteiger charge is -2.28. The predicted molar refractivity (Wildman–Crippen MR) is 168 cm³/mol. The van der Waals surface area contributed by atoms with Gasteiger partial charge in [0.2, 0.25) is 0 Å². The molecule has 0 spiro atoms. The van der Waals surface area contributed by atoms with E-state index < -0.39 is 5.97 Å². The highest BCUT2D eigenvalue weighted by Gasteiger charge is 2.20. The van der Waals surface area contributed by atoms with Gasteiger partial charge in [-0.3, -0.25) is 0 Å². The van der Waals surface area contributed by atoms with Gasteiger partial charge in [0.1, 0.15) is 17.3 Å². The van der Waals surface area contributed by atoms with Gasteiger partial charge in [-0.2, -0.15) is 0 Å². The van der Waals surface area contributed by atoms with E-state index >= 15 is 0 Å². The number of benzene rings is 2. The van der Waals surface area contributed by atoms with Crippen molar-refractivity contribution >= 4 is 5.97 Å². The van der Waals surface area contributed by atoms with Crippen molar-refractivity contribution in [3.8, 4) is 11.5 Å². The molecule has 0 bridgehead atoms. The van der Waals surface area contributed by atoms with E-state index in [-0.39, 0.29) is 11.6 Å². The first-order valence-electron chi connectivity index (χ1n) is 16.8. The lowest BCUT2D eigenvalue weighted by Crippen LogP contribution is -2.15. The summed E-state index contributed by atoms with van der Waals surface area (Å²) in [6, 6.07) is 11.8. The van der Waals surface area contributed by atoms with E-state index in [1.54, 1.807) is 24.3 Å². The van der Waals surface area contributed by atoms with E-state index in [0.717, 1.165) is 43.3 Å². The van der Waals surface area contributed by atoms with Crippen LogP contribution in [0, 0.1) is 17.7 Å². The number of unbranched alkanes of at least 4 members (excludes halogenated alkanes) is 9. The predicted octanol–water partition coefficient (Wildman–Crippen LogP) is 11.3. The van der Waals surface area contributed by atoms with Gasteiger partial charge in [0.15, 0.2) is 0 Å². The third-order valence-electron chi connectivity index (χ3n) is 8.83. The number of rotatable bonds is 20. The Morgan fingerprint density at radius 1 is 0.707 bits per heavy atom. The van der Waals surface area contributed by atoms with Crippen molar-refractivity contribution in [2.24, 2.45) is 11.8 Å². The van der Waals surface area contributed by atoms with Crippen molar-refractivity contribution in [2.75, 3.05) is 6.61 Å². The fourth-order valence-electron chi connectivity index (χ4n) is 6.15. The molecule has 1 aliphatic carbocycles. The van der Waals surface area contributed by atoms with Gasteiger partial charge >= 0.3 is 5.97 Å². The largest absolute Gasteiger partial charge is 0.494 e. The third-order valence-corrected chi connectivity index (χ3v) is 8.83. The number of ether oxygens (including phenoxy) is 2. The number of carbonyl (C=O) groups excluding carboxylic acids is 1. The summed E-state index contributed by atoms with van der Waals surface area (Å²) in [5.41, 5.74) is 1.11. The molecule has 1 aliphatic rings. The summed E-state index contributed by atoms with van der Waals surface area (Å²) in [6.07, 6.45) is 23.9. The van der Waals surface area contributed by atoms with E-state index in [1.807, 2.05) is 12.1 Å². The normalized spacial score (nSPS) is 17.0. The van der Waals surface area contributed by atoms with E-state index in [9.17, 15) is 9.18 Å². The molecule has 1 fully saturated rings. The first-order valence-corrected chi connectivity index (χ1v) is 16.8. The van der Waals surface area contributed by atoms with Crippen LogP contribution in [-0.4, -0.2) is 12.6 Å². The van der Waals surface area contributed by atoms with Crippen molar-refractivity contribution in [3.05, 3.63) is 59.4 Å². The van der Waals surface area contributed by atoms with Gasteiger partial charge in [-0.15, -0.1) is 0 Å². The van der Waals surface area contributed by atoms with Crippen LogP contribution in [0.15, 0.2) is 42.5 Å². The van der Waals surface area contributed by atoms with Crippen LogP contribution < -0.4 is 9.47 Å². The summed E-state index contributed by atoms with van der Waals surface area (Å²) in [5, 5.41) is 0. The number of halogens is 1. The first-order chi connectivity index (χ1) is 20.1. The summed E-state index contributed by atoms with van der Waals surface area (Å²) < 4.78 is 26.0. The van der Waals surface area contributed by atoms with Crippen molar-refractivity contribution < 1.29 is 18.7 Å². The molecule has 3 rings (SSSR count). The van der Waals surface area contributed by atoms with Crippen LogP contribution in [0.4, 0.5) is 4.39 Å². The van der Waals surface area contributed by atoms with Gasteiger partial charge in [-0.05, 0) is 73.4 Å². The van der Waals surface area contributed by atoms with Crippen LogP contribution in [0.5, 0.6) is 11.5 Å². The van der Waals surface area contributed by atoms with Gasteiger partial charge in [-0.25, -0.2) is 9.18 Å². The van der Waals surface area contributed by atoms with E-state index in [1.165, 1.54) is 102 Å². The monoisotopic (exact) mass is 566 g/mol. The van der Waals surface area contributed by atoms with Gasteiger partial charge in [-0.1, -0.05) is 116 Å². The molecule has 0 aliphatic heterocycles. The molecule has 0 amide bonds. The second-order valence-electron chi connectivity index (χ2n) is 12.3. The van der Waals surface area contributed by atoms with Crippen molar-refractivity contribution in [3.63, 3.8) is 0 Å². The molecule has 0 unspecified atom stereocenters. The zero-order chi connectivity index (χ0) is 29.1. The maximum atomic E-state index is 14.6. The zero-order valence-corrected chi connectivity index (χ0v) is 25.9. The molecule has 0 heterocycles. The highest BCUT2D eigenvalue weighted by molar-refractivity contribution is 5.91. The molecule has 0 atom stereocenters. The number of carbonyl (C=O) groups is 1. The second kappa shape index (κ2) is 19.7. The van der Waals surface area contributed by atoms with Gasteiger partial charge in [0.05, 0.1) is 12.2 Å². The SMILES string of the molecule is CCCCCCCCCCc1ccc(OC(=O)c2ccc(OCCC[C@H]3CC[C@H](CCCCC)CC3)cc2)cc1F. The van der Waals surface area contributed by atoms with Crippen molar-refractivity contribution in [1.29, 1.82) is 0 Å². The maximum absolute atomic E-state index is 14.6. The van der Waals surface area contributed by atoms with Gasteiger partial charge in [0, 0.05) is 6.07 Å². The van der Waals surface area contributed by atoms with Gasteiger partial charge in [0.25, 0.3) is 0 Å². The summed E-state index contributed by atoms with van der Waals surface area (Å²) in [7, 11) is 0. The topological polar surface area (TPSA) is 35.5 Å². The Balaban J connectivity index is 1.30. The lowest BCUT2D eigenvalue weighted by atomic mass is 9.78. The summed E-state index contributed by atoms with van der Waals surface area (Å²) in [6.45, 7) is 5.21. The fourth-order valence-corrected chi connectivity index (χ4v) is 6.15. The average molecular weight is 567 g/mol. The second-order valence-corrected chi connectivity index (χ2v) is 12.3. The highest BCUT2D eigenvalue weighted by atomic mass is 19.1. The van der Waals surface area contributed by atoms with E-state index in [2.05, 4.69) is 13.8 Å². The Morgan fingerprint density at radius 2 is 1.27 bits per heavy atom. The number of aryl methyl sites for hydroxylation is 1. The third kappa shape index (κ3) is 13.0. The molecule has 0 N–H and O–H groups in total. The Bertz CT molecular complexity index is 978. The van der Waals surface area contributed by atoms with Crippen LogP contribution in [0.2, 0.25) is 0 Å². The standard InChI is InChI=1S/C37H55FO3/c1-3-5-7-8-9-10-11-13-17-32-22-27-35(29-36(32)38)41-37(39)33-23-25-34(26-24-33)40-28-14-16-31-20-18-30(19-21-31)15-12-6-4-2/h22-27,29-31H,3-21,28H2,1-2H3/t30-,31-. The van der Waals surface area contributed by atoms with Crippen LogP contribution in [0.3, 0.4) is 0 Å². The molecule has 2 aromatic rings. The number of esters is 1. The fraction of sp³-hybridized carbons (Fsp3) is 0.649. The molecule has 3 nitrogen and oxygen atoms in total. The molecular weight excluding hydrogens is 511 g/mol. The first kappa shape index (κ1) is 33.1. The van der Waals surface area contributed by atoms with Gasteiger partial charge < -0.3 is 9.47 Å². The minimum Gasteiger partial charge on any atom is -0.494 e. The Kier molecular flexibility index (Phi) is 15.9. The van der Waals surface area contributed by atoms with Crippen LogP contribution in [-0.2, 0) is 6.42 Å². The minimum absolute atomic E-state index is 0.238. The molecule has 228 valence electrons. The number of hydrogen-bond donors (Lipinski definition) is 0. The molecular formula is C37H55FO3. The molecule has 0 saturated heterocycles. The molecule has 0 aromatic heterocycles. The Morgan fingerprint density at radius 3 is 1.90 bits per heavy atom. The molecule has 1 saturated carbocycles. The van der Waals surface area contributed by atoms with Crippen molar-refractivity contribution in [2.45, 2.75) is 136 Å².